The molecule has 0 aliphatic rings. The molecule has 0 saturated carbocycles. The van der Waals surface area contributed by atoms with Crippen LogP contribution in [0.2, 0.25) is 0 Å². The van der Waals surface area contributed by atoms with Crippen molar-refractivity contribution in [2.45, 2.75) is 25.8 Å². The Balaban J connectivity index is 1.41. The van der Waals surface area contributed by atoms with E-state index < -0.39 is 0 Å². The zero-order chi connectivity index (χ0) is 22.3. The number of carbonyl (C=O) groups excluding carboxylic acids is 1. The van der Waals surface area contributed by atoms with Crippen molar-refractivity contribution in [3.63, 3.8) is 0 Å². The van der Waals surface area contributed by atoms with Gasteiger partial charge in [0.05, 0.1) is 4.88 Å². The first-order valence-electron chi connectivity index (χ1n) is 10.6. The van der Waals surface area contributed by atoms with E-state index in [9.17, 15) is 9.59 Å². The molecule has 0 aliphatic carbocycles. The van der Waals surface area contributed by atoms with Gasteiger partial charge >= 0.3 is 0 Å². The SMILES string of the molecule is Cc1ccc(-c2ccc(=O)n(CC(=O)NCCC(c3ccccc3)c3ccccc3)n2)s1. The summed E-state index contributed by atoms with van der Waals surface area (Å²) in [6.45, 7) is 2.43. The molecule has 2 aromatic heterocycles. The number of rotatable bonds is 8. The molecule has 4 aromatic rings. The van der Waals surface area contributed by atoms with Crippen LogP contribution in [0, 0.1) is 6.92 Å². The van der Waals surface area contributed by atoms with E-state index in [-0.39, 0.29) is 23.9 Å². The molecule has 0 radical (unpaired) electrons. The quantitative estimate of drug-likeness (QED) is 0.432. The number of hydrogen-bond donors (Lipinski definition) is 1. The Bertz CT molecular complexity index is 1190. The first kappa shape index (κ1) is 21.7. The number of benzene rings is 2. The smallest absolute Gasteiger partial charge is 0.267 e. The van der Waals surface area contributed by atoms with Crippen LogP contribution in [0.3, 0.4) is 0 Å². The van der Waals surface area contributed by atoms with E-state index in [4.69, 9.17) is 0 Å². The molecule has 6 heteroatoms. The van der Waals surface area contributed by atoms with Gasteiger partial charge in [-0.25, -0.2) is 4.68 Å². The van der Waals surface area contributed by atoms with Crippen molar-refractivity contribution in [3.8, 4) is 10.6 Å². The van der Waals surface area contributed by atoms with Gasteiger partial charge in [0.25, 0.3) is 5.56 Å². The zero-order valence-electron chi connectivity index (χ0n) is 17.9. The fraction of sp³-hybridized carbons (Fsp3) is 0.192. The lowest BCUT2D eigenvalue weighted by molar-refractivity contribution is -0.121. The fourth-order valence-electron chi connectivity index (χ4n) is 3.71. The number of hydrogen-bond acceptors (Lipinski definition) is 4. The minimum atomic E-state index is -0.288. The molecule has 162 valence electrons. The summed E-state index contributed by atoms with van der Waals surface area (Å²) in [5, 5.41) is 7.34. The van der Waals surface area contributed by atoms with Gasteiger partial charge in [0.15, 0.2) is 0 Å². The molecular weight excluding hydrogens is 418 g/mol. The second-order valence-electron chi connectivity index (χ2n) is 7.64. The van der Waals surface area contributed by atoms with Crippen molar-refractivity contribution in [1.29, 1.82) is 0 Å². The van der Waals surface area contributed by atoms with E-state index in [0.717, 1.165) is 11.3 Å². The Morgan fingerprint density at radius 1 is 0.938 bits per heavy atom. The monoisotopic (exact) mass is 443 g/mol. The molecular formula is C26H25N3O2S. The summed E-state index contributed by atoms with van der Waals surface area (Å²) in [4.78, 5) is 26.9. The van der Waals surface area contributed by atoms with Crippen LogP contribution in [0.25, 0.3) is 10.6 Å². The highest BCUT2D eigenvalue weighted by atomic mass is 32.1. The van der Waals surface area contributed by atoms with Crippen LogP contribution < -0.4 is 10.9 Å². The summed E-state index contributed by atoms with van der Waals surface area (Å²) in [5.41, 5.74) is 2.84. The minimum Gasteiger partial charge on any atom is -0.354 e. The molecule has 0 aliphatic heterocycles. The Morgan fingerprint density at radius 3 is 2.19 bits per heavy atom. The van der Waals surface area contributed by atoms with E-state index in [1.165, 1.54) is 26.8 Å². The molecule has 1 amide bonds. The van der Waals surface area contributed by atoms with Crippen LogP contribution in [0.1, 0.15) is 28.3 Å². The molecule has 0 saturated heterocycles. The van der Waals surface area contributed by atoms with Gasteiger partial charge < -0.3 is 5.32 Å². The molecule has 2 heterocycles. The molecule has 0 spiro atoms. The minimum absolute atomic E-state index is 0.0988. The van der Waals surface area contributed by atoms with Crippen LogP contribution in [0.15, 0.2) is 89.7 Å². The maximum atomic E-state index is 12.6. The Labute approximate surface area is 191 Å². The standard InChI is InChI=1S/C26H25N3O2S/c1-19-12-14-24(32-19)23-13-15-26(31)29(28-23)18-25(30)27-17-16-22(20-8-4-2-5-9-20)21-10-6-3-7-11-21/h2-15,22H,16-18H2,1H3,(H,27,30). The highest BCUT2D eigenvalue weighted by molar-refractivity contribution is 7.15. The lowest BCUT2D eigenvalue weighted by Gasteiger charge is -2.18. The lowest BCUT2D eigenvalue weighted by atomic mass is 9.88. The van der Waals surface area contributed by atoms with Crippen molar-refractivity contribution >= 4 is 17.2 Å². The van der Waals surface area contributed by atoms with Crippen molar-refractivity contribution < 1.29 is 4.79 Å². The average Bonchev–Trinajstić information content (AvgIpc) is 3.25. The third kappa shape index (κ3) is 5.39. The van der Waals surface area contributed by atoms with Crippen molar-refractivity contribution in [3.05, 3.63) is 111 Å². The summed E-state index contributed by atoms with van der Waals surface area (Å²) >= 11 is 1.61. The summed E-state index contributed by atoms with van der Waals surface area (Å²) in [6.07, 6.45) is 0.761. The fourth-order valence-corrected chi connectivity index (χ4v) is 4.54. The van der Waals surface area contributed by atoms with Gasteiger partial charge in [0, 0.05) is 23.4 Å². The maximum absolute atomic E-state index is 12.6. The van der Waals surface area contributed by atoms with Crippen LogP contribution in [0.4, 0.5) is 0 Å². The summed E-state index contributed by atoms with van der Waals surface area (Å²) in [6, 6.07) is 27.7. The summed E-state index contributed by atoms with van der Waals surface area (Å²) in [7, 11) is 0. The van der Waals surface area contributed by atoms with Gasteiger partial charge in [0.2, 0.25) is 5.91 Å². The van der Waals surface area contributed by atoms with Gasteiger partial charge in [-0.2, -0.15) is 5.10 Å². The van der Waals surface area contributed by atoms with E-state index in [1.807, 2.05) is 55.5 Å². The normalized spacial score (nSPS) is 10.9. The Hall–Kier alpha value is -3.51. The second kappa shape index (κ2) is 10.2. The van der Waals surface area contributed by atoms with Gasteiger partial charge in [-0.3, -0.25) is 9.59 Å². The number of thiophene rings is 1. The highest BCUT2D eigenvalue weighted by Gasteiger charge is 2.15. The van der Waals surface area contributed by atoms with Gasteiger partial charge in [-0.1, -0.05) is 60.7 Å². The number of aryl methyl sites for hydroxylation is 1. The molecule has 1 N–H and O–H groups in total. The van der Waals surface area contributed by atoms with Crippen molar-refractivity contribution in [1.82, 2.24) is 15.1 Å². The highest BCUT2D eigenvalue weighted by Crippen LogP contribution is 2.27. The largest absolute Gasteiger partial charge is 0.354 e. The average molecular weight is 444 g/mol. The molecule has 5 nitrogen and oxygen atoms in total. The third-order valence-electron chi connectivity index (χ3n) is 5.31. The molecule has 32 heavy (non-hydrogen) atoms. The topological polar surface area (TPSA) is 64.0 Å². The molecule has 2 aromatic carbocycles. The number of nitrogens with zero attached hydrogens (tertiary/aromatic N) is 2. The number of aromatic nitrogens is 2. The molecule has 4 rings (SSSR count). The molecule has 0 fully saturated rings. The van der Waals surface area contributed by atoms with Crippen LogP contribution >= 0.6 is 11.3 Å². The lowest BCUT2D eigenvalue weighted by Crippen LogP contribution is -2.34. The van der Waals surface area contributed by atoms with Gasteiger partial charge in [-0.15, -0.1) is 11.3 Å². The zero-order valence-corrected chi connectivity index (χ0v) is 18.7. The van der Waals surface area contributed by atoms with Crippen molar-refractivity contribution in [2.75, 3.05) is 6.54 Å². The number of amides is 1. The predicted molar refractivity (Wildman–Crippen MR) is 129 cm³/mol. The van der Waals surface area contributed by atoms with Gasteiger partial charge in [-0.05, 0) is 42.7 Å². The van der Waals surface area contributed by atoms with Crippen molar-refractivity contribution in [2.24, 2.45) is 0 Å². The van der Waals surface area contributed by atoms with Crippen LogP contribution in [-0.2, 0) is 11.3 Å². The third-order valence-corrected chi connectivity index (χ3v) is 6.34. The van der Waals surface area contributed by atoms with Gasteiger partial charge in [0.1, 0.15) is 12.2 Å². The second-order valence-corrected chi connectivity index (χ2v) is 8.93. The van der Waals surface area contributed by atoms with E-state index in [2.05, 4.69) is 34.7 Å². The molecule has 0 atom stereocenters. The molecule has 0 unspecified atom stereocenters. The maximum Gasteiger partial charge on any atom is 0.267 e. The van der Waals surface area contributed by atoms with Crippen LogP contribution in [0.5, 0.6) is 0 Å². The predicted octanol–water partition coefficient (Wildman–Crippen LogP) is 4.62. The molecule has 0 bridgehead atoms. The first-order chi connectivity index (χ1) is 15.6. The summed E-state index contributed by atoms with van der Waals surface area (Å²) < 4.78 is 1.23. The van der Waals surface area contributed by atoms with E-state index >= 15 is 0 Å². The summed E-state index contributed by atoms with van der Waals surface area (Å²) in [5.74, 6) is -0.0390. The van der Waals surface area contributed by atoms with E-state index in [1.54, 1.807) is 17.4 Å². The first-order valence-corrected chi connectivity index (χ1v) is 11.4. The van der Waals surface area contributed by atoms with E-state index in [0.29, 0.717) is 12.2 Å². The number of carbonyl (C=O) groups is 1. The Kier molecular flexibility index (Phi) is 6.92. The number of nitrogens with one attached hydrogen (secondary N) is 1. The Morgan fingerprint density at radius 2 is 1.59 bits per heavy atom. The van der Waals surface area contributed by atoms with Crippen LogP contribution in [-0.4, -0.2) is 22.2 Å².